The van der Waals surface area contributed by atoms with Crippen molar-refractivity contribution >= 4 is 6.03 Å². The number of nitrogens with one attached hydrogen (secondary N) is 3. The Morgan fingerprint density at radius 1 is 1.53 bits per heavy atom. The van der Waals surface area contributed by atoms with Gasteiger partial charge >= 0.3 is 6.03 Å². The molecule has 1 aliphatic rings. The fraction of sp³-hybridized carbons (Fsp3) is 0.692. The molecule has 6 nitrogen and oxygen atoms in total. The first-order valence-corrected chi connectivity index (χ1v) is 7.00. The highest BCUT2D eigenvalue weighted by Crippen LogP contribution is 2.18. The molecular formula is C13H22N4O2. The molecule has 0 bridgehead atoms. The lowest BCUT2D eigenvalue weighted by molar-refractivity contribution is -0.0104. The van der Waals surface area contributed by atoms with Gasteiger partial charge in [-0.3, -0.25) is 4.84 Å². The van der Waals surface area contributed by atoms with E-state index in [1.54, 1.807) is 12.5 Å². The maximum atomic E-state index is 11.7. The van der Waals surface area contributed by atoms with Crippen LogP contribution in [0.25, 0.3) is 0 Å². The molecule has 2 amide bonds. The van der Waals surface area contributed by atoms with Gasteiger partial charge < -0.3 is 10.3 Å². The van der Waals surface area contributed by atoms with Gasteiger partial charge in [-0.25, -0.2) is 15.3 Å². The Balaban J connectivity index is 1.72. The van der Waals surface area contributed by atoms with Crippen LogP contribution in [0.5, 0.6) is 0 Å². The largest absolute Gasteiger partial charge is 0.351 e. The van der Waals surface area contributed by atoms with Crippen molar-refractivity contribution in [3.8, 4) is 0 Å². The summed E-state index contributed by atoms with van der Waals surface area (Å²) in [4.78, 5) is 24.1. The van der Waals surface area contributed by atoms with Gasteiger partial charge in [0.25, 0.3) is 0 Å². The molecule has 1 aromatic heterocycles. The summed E-state index contributed by atoms with van der Waals surface area (Å²) < 4.78 is 0. The number of imidazole rings is 1. The van der Waals surface area contributed by atoms with Crippen LogP contribution in [0.3, 0.4) is 0 Å². The molecule has 0 radical (unpaired) electrons. The molecule has 3 N–H and O–H groups in total. The summed E-state index contributed by atoms with van der Waals surface area (Å²) in [5.74, 6) is 0. The molecule has 1 aromatic rings. The van der Waals surface area contributed by atoms with Crippen molar-refractivity contribution in [2.24, 2.45) is 0 Å². The summed E-state index contributed by atoms with van der Waals surface area (Å²) in [6.45, 7) is 1.99. The molecule has 2 rings (SSSR count). The molecule has 0 spiro atoms. The van der Waals surface area contributed by atoms with Gasteiger partial charge in [0.15, 0.2) is 0 Å². The van der Waals surface area contributed by atoms with Gasteiger partial charge in [0.1, 0.15) is 6.10 Å². The molecule has 0 aromatic carbocycles. The number of hydrogen-bond donors (Lipinski definition) is 3. The highest BCUT2D eigenvalue weighted by molar-refractivity contribution is 5.73. The van der Waals surface area contributed by atoms with Crippen LogP contribution in [0.1, 0.15) is 57.2 Å². The van der Waals surface area contributed by atoms with Gasteiger partial charge in [-0.1, -0.05) is 26.2 Å². The van der Waals surface area contributed by atoms with E-state index >= 15 is 0 Å². The second-order valence-electron chi connectivity index (χ2n) is 4.92. The molecule has 1 atom stereocenters. The van der Waals surface area contributed by atoms with Crippen molar-refractivity contribution in [1.82, 2.24) is 20.8 Å². The number of rotatable bonds is 5. The summed E-state index contributed by atoms with van der Waals surface area (Å²) in [5, 5.41) is 2.94. The van der Waals surface area contributed by atoms with Gasteiger partial charge in [-0.2, -0.15) is 0 Å². The molecule has 1 saturated carbocycles. The fourth-order valence-electron chi connectivity index (χ4n) is 2.39. The maximum absolute atomic E-state index is 11.7. The topological polar surface area (TPSA) is 79.0 Å². The molecule has 19 heavy (non-hydrogen) atoms. The molecular weight excluding hydrogens is 244 g/mol. The van der Waals surface area contributed by atoms with Crippen molar-refractivity contribution in [3.05, 3.63) is 18.2 Å². The van der Waals surface area contributed by atoms with E-state index in [4.69, 9.17) is 4.84 Å². The average Bonchev–Trinajstić information content (AvgIpc) is 2.95. The quantitative estimate of drug-likeness (QED) is 0.716. The molecule has 106 valence electrons. The second-order valence-corrected chi connectivity index (χ2v) is 4.92. The third-order valence-corrected chi connectivity index (χ3v) is 3.45. The van der Waals surface area contributed by atoms with Gasteiger partial charge in [0.05, 0.1) is 12.0 Å². The van der Waals surface area contributed by atoms with Crippen LogP contribution in [-0.2, 0) is 4.84 Å². The van der Waals surface area contributed by atoms with Crippen LogP contribution in [0.4, 0.5) is 4.79 Å². The maximum Gasteiger partial charge on any atom is 0.338 e. The standard InChI is InChI=1S/C13H22N4O2/c1-2-12(11-8-14-9-15-11)19-17-13(18)16-10-6-4-3-5-7-10/h8-10,12H,2-7H2,1H3,(H,14,15)(H2,16,17,18). The first-order chi connectivity index (χ1) is 9.29. The summed E-state index contributed by atoms with van der Waals surface area (Å²) in [6, 6.07) is 0.0173. The molecule has 1 fully saturated rings. The van der Waals surface area contributed by atoms with Crippen LogP contribution in [-0.4, -0.2) is 22.0 Å². The van der Waals surface area contributed by atoms with Crippen molar-refractivity contribution in [1.29, 1.82) is 0 Å². The highest BCUT2D eigenvalue weighted by atomic mass is 16.7. The minimum absolute atomic E-state index is 0.219. The number of nitrogens with zero attached hydrogens (tertiary/aromatic N) is 1. The van der Waals surface area contributed by atoms with E-state index < -0.39 is 0 Å². The number of H-pyrrole nitrogens is 1. The Kier molecular flexibility index (Phi) is 5.20. The number of carbonyl (C=O) groups is 1. The zero-order valence-corrected chi connectivity index (χ0v) is 11.3. The number of carbonyl (C=O) groups excluding carboxylic acids is 1. The number of urea groups is 1. The molecule has 1 heterocycles. The zero-order valence-electron chi connectivity index (χ0n) is 11.3. The predicted molar refractivity (Wildman–Crippen MR) is 71.2 cm³/mol. The first kappa shape index (κ1) is 13.9. The van der Waals surface area contributed by atoms with Gasteiger partial charge in [0.2, 0.25) is 0 Å². The van der Waals surface area contributed by atoms with Crippen molar-refractivity contribution in [2.45, 2.75) is 57.6 Å². The molecule has 0 aliphatic heterocycles. The summed E-state index contributed by atoms with van der Waals surface area (Å²) in [7, 11) is 0. The number of aromatic amines is 1. The molecule has 0 saturated heterocycles. The Morgan fingerprint density at radius 3 is 2.95 bits per heavy atom. The minimum atomic E-state index is -0.263. The number of hydrogen-bond acceptors (Lipinski definition) is 3. The molecule has 1 aliphatic carbocycles. The van der Waals surface area contributed by atoms with Crippen LogP contribution in [0, 0.1) is 0 Å². The van der Waals surface area contributed by atoms with Crippen LogP contribution in [0.2, 0.25) is 0 Å². The molecule has 1 unspecified atom stereocenters. The van der Waals surface area contributed by atoms with Gasteiger partial charge in [-0.15, -0.1) is 0 Å². The predicted octanol–water partition coefficient (Wildman–Crippen LogP) is 2.42. The van der Waals surface area contributed by atoms with E-state index in [2.05, 4.69) is 20.8 Å². The monoisotopic (exact) mass is 266 g/mol. The van der Waals surface area contributed by atoms with E-state index in [0.29, 0.717) is 0 Å². The van der Waals surface area contributed by atoms with Gasteiger partial charge in [-0.05, 0) is 19.3 Å². The molecule has 6 heteroatoms. The summed E-state index contributed by atoms with van der Waals surface area (Å²) >= 11 is 0. The van der Waals surface area contributed by atoms with E-state index in [-0.39, 0.29) is 18.2 Å². The highest BCUT2D eigenvalue weighted by Gasteiger charge is 2.17. The van der Waals surface area contributed by atoms with Crippen molar-refractivity contribution in [2.75, 3.05) is 0 Å². The van der Waals surface area contributed by atoms with Crippen molar-refractivity contribution < 1.29 is 9.63 Å². The van der Waals surface area contributed by atoms with E-state index in [1.165, 1.54) is 19.3 Å². The Hall–Kier alpha value is -1.56. The van der Waals surface area contributed by atoms with Crippen molar-refractivity contribution in [3.63, 3.8) is 0 Å². The number of amides is 2. The Bertz CT molecular complexity index is 374. The lowest BCUT2D eigenvalue weighted by Gasteiger charge is -2.23. The SMILES string of the molecule is CCC(ONC(=O)NC1CCCCC1)c1c[nH]cn1. The zero-order chi connectivity index (χ0) is 13.5. The smallest absolute Gasteiger partial charge is 0.338 e. The van der Waals surface area contributed by atoms with E-state index in [0.717, 1.165) is 25.0 Å². The third kappa shape index (κ3) is 4.24. The fourth-order valence-corrected chi connectivity index (χ4v) is 2.39. The van der Waals surface area contributed by atoms with E-state index in [9.17, 15) is 4.79 Å². The summed E-state index contributed by atoms with van der Waals surface area (Å²) in [5.41, 5.74) is 3.26. The van der Waals surface area contributed by atoms with Crippen LogP contribution in [0.15, 0.2) is 12.5 Å². The minimum Gasteiger partial charge on any atom is -0.351 e. The third-order valence-electron chi connectivity index (χ3n) is 3.45. The Morgan fingerprint density at radius 2 is 2.32 bits per heavy atom. The average molecular weight is 266 g/mol. The van der Waals surface area contributed by atoms with E-state index in [1.807, 2.05) is 6.92 Å². The van der Waals surface area contributed by atoms with Crippen LogP contribution < -0.4 is 10.8 Å². The summed E-state index contributed by atoms with van der Waals surface area (Å²) in [6.07, 6.45) is 9.67. The number of hydroxylamine groups is 1. The lowest BCUT2D eigenvalue weighted by atomic mass is 9.96. The first-order valence-electron chi connectivity index (χ1n) is 7.00. The second kappa shape index (κ2) is 7.13. The lowest BCUT2D eigenvalue weighted by Crippen LogP contribution is -2.43. The van der Waals surface area contributed by atoms with Gasteiger partial charge in [0, 0.05) is 12.2 Å². The number of aromatic nitrogens is 2. The normalized spacial score (nSPS) is 17.9. The van der Waals surface area contributed by atoms with Crippen LogP contribution >= 0.6 is 0 Å². The Labute approximate surface area is 113 Å².